The molecule has 6 heteroatoms. The van der Waals surface area contributed by atoms with Gasteiger partial charge < -0.3 is 9.84 Å². The predicted molar refractivity (Wildman–Crippen MR) is 171 cm³/mol. The standard InChI is InChI=1S/C35H36ClNO3S/c1-35(2,39)32-9-4-3-8-31(32)30(18-19-41-23-40-34(38)21-25-10-11-25)27-7-5-6-24(20-27)12-16-29-17-14-26-13-15-28(36)22-33(26)37-29/h3-9,12-17,20,22,25,30,39H,10-11,18-19,21,23H2,1-2H3/b16-12+. The van der Waals surface area contributed by atoms with Crippen molar-refractivity contribution in [3.05, 3.63) is 112 Å². The van der Waals surface area contributed by atoms with Gasteiger partial charge in [-0.3, -0.25) is 4.79 Å². The number of ether oxygens (including phenoxy) is 1. The van der Waals surface area contributed by atoms with Crippen LogP contribution in [-0.2, 0) is 15.1 Å². The Labute approximate surface area is 251 Å². The van der Waals surface area contributed by atoms with Gasteiger partial charge in [0.15, 0.2) is 0 Å². The first-order valence-electron chi connectivity index (χ1n) is 14.2. The Kier molecular flexibility index (Phi) is 9.49. The molecule has 4 aromatic rings. The molecular formula is C35H36ClNO3S. The molecule has 5 rings (SSSR count). The van der Waals surface area contributed by atoms with Gasteiger partial charge in [0.1, 0.15) is 5.94 Å². The molecule has 0 spiro atoms. The Morgan fingerprint density at radius 2 is 1.88 bits per heavy atom. The number of nitrogens with zero attached hydrogens (tertiary/aromatic N) is 1. The van der Waals surface area contributed by atoms with Crippen LogP contribution in [0.1, 0.15) is 73.4 Å². The van der Waals surface area contributed by atoms with E-state index in [9.17, 15) is 9.90 Å². The second-order valence-electron chi connectivity index (χ2n) is 11.3. The molecule has 0 bridgehead atoms. The molecule has 0 amide bonds. The van der Waals surface area contributed by atoms with Crippen LogP contribution in [0.3, 0.4) is 0 Å². The number of halogens is 1. The summed E-state index contributed by atoms with van der Waals surface area (Å²) in [6.45, 7) is 3.67. The Morgan fingerprint density at radius 1 is 1.07 bits per heavy atom. The van der Waals surface area contributed by atoms with Crippen molar-refractivity contribution < 1.29 is 14.6 Å². The molecule has 0 saturated heterocycles. The van der Waals surface area contributed by atoms with Gasteiger partial charge >= 0.3 is 5.97 Å². The van der Waals surface area contributed by atoms with Crippen LogP contribution in [-0.4, -0.2) is 27.8 Å². The maximum atomic E-state index is 12.0. The largest absolute Gasteiger partial charge is 0.455 e. The third-order valence-corrected chi connectivity index (χ3v) is 8.48. The van der Waals surface area contributed by atoms with Crippen LogP contribution in [0.2, 0.25) is 5.02 Å². The summed E-state index contributed by atoms with van der Waals surface area (Å²) >= 11 is 7.81. The highest BCUT2D eigenvalue weighted by atomic mass is 35.5. The lowest BCUT2D eigenvalue weighted by Gasteiger charge is -2.27. The van der Waals surface area contributed by atoms with Gasteiger partial charge in [0, 0.05) is 22.7 Å². The molecule has 1 atom stereocenters. The maximum Gasteiger partial charge on any atom is 0.306 e. The Hall–Kier alpha value is -3.12. The highest BCUT2D eigenvalue weighted by molar-refractivity contribution is 7.99. The van der Waals surface area contributed by atoms with Gasteiger partial charge in [-0.25, -0.2) is 4.98 Å². The van der Waals surface area contributed by atoms with Gasteiger partial charge in [0.05, 0.1) is 16.8 Å². The van der Waals surface area contributed by atoms with Crippen LogP contribution < -0.4 is 0 Å². The van der Waals surface area contributed by atoms with E-state index in [0.717, 1.165) is 58.3 Å². The van der Waals surface area contributed by atoms with Crippen molar-refractivity contribution in [3.63, 3.8) is 0 Å². The van der Waals surface area contributed by atoms with Crippen LogP contribution in [0.15, 0.2) is 78.9 Å². The van der Waals surface area contributed by atoms with Gasteiger partial charge in [-0.05, 0) is 91.3 Å². The molecular weight excluding hydrogens is 550 g/mol. The predicted octanol–water partition coefficient (Wildman–Crippen LogP) is 8.84. The number of hydrogen-bond acceptors (Lipinski definition) is 5. The Balaban J connectivity index is 1.35. The van der Waals surface area contributed by atoms with E-state index in [4.69, 9.17) is 21.3 Å². The smallest absolute Gasteiger partial charge is 0.306 e. The second kappa shape index (κ2) is 13.2. The fourth-order valence-corrected chi connectivity index (χ4v) is 6.01. The van der Waals surface area contributed by atoms with Crippen LogP contribution in [0.4, 0.5) is 0 Å². The number of hydrogen-bond donors (Lipinski definition) is 1. The second-order valence-corrected chi connectivity index (χ2v) is 12.7. The molecule has 212 valence electrons. The van der Waals surface area contributed by atoms with Crippen molar-refractivity contribution >= 4 is 52.4 Å². The summed E-state index contributed by atoms with van der Waals surface area (Å²) in [7, 11) is 0. The Morgan fingerprint density at radius 3 is 2.68 bits per heavy atom. The number of rotatable bonds is 12. The third kappa shape index (κ3) is 8.22. The number of carbonyl (C=O) groups is 1. The first-order chi connectivity index (χ1) is 19.8. The molecule has 1 aliphatic rings. The minimum Gasteiger partial charge on any atom is -0.455 e. The van der Waals surface area contributed by atoms with E-state index in [-0.39, 0.29) is 11.9 Å². The number of thioether (sulfide) groups is 1. The van der Waals surface area contributed by atoms with Crippen LogP contribution >= 0.6 is 23.4 Å². The molecule has 1 aromatic heterocycles. The van der Waals surface area contributed by atoms with Gasteiger partial charge in [-0.1, -0.05) is 78.3 Å². The minimum atomic E-state index is -0.970. The molecule has 1 unspecified atom stereocenters. The van der Waals surface area contributed by atoms with Crippen molar-refractivity contribution in [1.82, 2.24) is 4.98 Å². The zero-order valence-corrected chi connectivity index (χ0v) is 25.1. The molecule has 1 heterocycles. The third-order valence-electron chi connectivity index (χ3n) is 7.44. The molecule has 0 radical (unpaired) electrons. The molecule has 1 N–H and O–H groups in total. The van der Waals surface area contributed by atoms with Crippen LogP contribution in [0.25, 0.3) is 23.1 Å². The average molecular weight is 586 g/mol. The van der Waals surface area contributed by atoms with Crippen molar-refractivity contribution in [2.75, 3.05) is 11.7 Å². The molecule has 1 fully saturated rings. The molecule has 0 aliphatic heterocycles. The fourth-order valence-electron chi connectivity index (χ4n) is 5.10. The topological polar surface area (TPSA) is 59.4 Å². The molecule has 4 nitrogen and oxygen atoms in total. The van der Waals surface area contributed by atoms with E-state index >= 15 is 0 Å². The number of carbonyl (C=O) groups excluding carboxylic acids is 1. The van der Waals surface area contributed by atoms with Crippen molar-refractivity contribution in [3.8, 4) is 0 Å². The van der Waals surface area contributed by atoms with Crippen LogP contribution in [0, 0.1) is 5.92 Å². The molecule has 3 aromatic carbocycles. The van der Waals surface area contributed by atoms with Gasteiger partial charge in [0.25, 0.3) is 0 Å². The van der Waals surface area contributed by atoms with Gasteiger partial charge in [-0.2, -0.15) is 0 Å². The summed E-state index contributed by atoms with van der Waals surface area (Å²) in [5.74, 6) is 1.71. The summed E-state index contributed by atoms with van der Waals surface area (Å²) in [6, 6.07) is 26.5. The lowest BCUT2D eigenvalue weighted by atomic mass is 9.81. The monoisotopic (exact) mass is 585 g/mol. The quantitative estimate of drug-likeness (QED) is 0.102. The summed E-state index contributed by atoms with van der Waals surface area (Å²) in [4.78, 5) is 16.7. The van der Waals surface area contributed by atoms with E-state index in [2.05, 4.69) is 42.5 Å². The normalized spacial score (nSPS) is 14.4. The summed E-state index contributed by atoms with van der Waals surface area (Å²) in [5.41, 5.74) is 5.04. The van der Waals surface area contributed by atoms with E-state index in [1.54, 1.807) is 11.8 Å². The van der Waals surface area contributed by atoms with Gasteiger partial charge in [0.2, 0.25) is 0 Å². The van der Waals surface area contributed by atoms with E-state index in [1.807, 2.05) is 62.4 Å². The highest BCUT2D eigenvalue weighted by Gasteiger charge is 2.26. The van der Waals surface area contributed by atoms with Crippen molar-refractivity contribution in [2.45, 2.75) is 51.0 Å². The number of fused-ring (bicyclic) bond motifs is 1. The van der Waals surface area contributed by atoms with E-state index in [1.165, 1.54) is 5.56 Å². The van der Waals surface area contributed by atoms with Crippen molar-refractivity contribution in [1.29, 1.82) is 0 Å². The maximum absolute atomic E-state index is 12.0. The van der Waals surface area contributed by atoms with Crippen molar-refractivity contribution in [2.24, 2.45) is 5.92 Å². The van der Waals surface area contributed by atoms with Crippen LogP contribution in [0.5, 0.6) is 0 Å². The summed E-state index contributed by atoms with van der Waals surface area (Å²) in [5, 5.41) is 12.7. The lowest BCUT2D eigenvalue weighted by molar-refractivity contribution is -0.141. The zero-order valence-electron chi connectivity index (χ0n) is 23.6. The number of benzene rings is 3. The summed E-state index contributed by atoms with van der Waals surface area (Å²) < 4.78 is 5.45. The summed E-state index contributed by atoms with van der Waals surface area (Å²) in [6.07, 6.45) is 7.78. The molecule has 1 saturated carbocycles. The fraction of sp³-hybridized carbons (Fsp3) is 0.314. The lowest BCUT2D eigenvalue weighted by Crippen LogP contribution is -2.20. The number of pyridine rings is 1. The van der Waals surface area contributed by atoms with E-state index < -0.39 is 5.60 Å². The first kappa shape index (κ1) is 29.4. The minimum absolute atomic E-state index is 0.0709. The number of esters is 1. The first-order valence-corrected chi connectivity index (χ1v) is 15.7. The Bertz CT molecular complexity index is 1540. The molecule has 1 aliphatic carbocycles. The zero-order chi connectivity index (χ0) is 28.8. The average Bonchev–Trinajstić information content (AvgIpc) is 3.77. The number of aromatic nitrogens is 1. The SMILES string of the molecule is CC(C)(O)c1ccccc1C(CCSCOC(=O)CC1CC1)c1cccc(/C=C/c2ccc3ccc(Cl)cc3n2)c1. The van der Waals surface area contributed by atoms with Gasteiger partial charge in [-0.15, -0.1) is 11.8 Å². The number of aliphatic hydroxyl groups is 1. The molecule has 41 heavy (non-hydrogen) atoms. The highest BCUT2D eigenvalue weighted by Crippen LogP contribution is 2.37. The van der Waals surface area contributed by atoms with E-state index in [0.29, 0.717) is 23.3 Å².